The first-order chi connectivity index (χ1) is 16.1. The number of carbonyl (C=O) groups excluding carboxylic acids is 1. The van der Waals surface area contributed by atoms with Gasteiger partial charge in [0, 0.05) is 35.0 Å². The highest BCUT2D eigenvalue weighted by Gasteiger charge is 2.23. The van der Waals surface area contributed by atoms with E-state index in [9.17, 15) is 18.0 Å². The van der Waals surface area contributed by atoms with Gasteiger partial charge in [0.25, 0.3) is 0 Å². The molecule has 0 radical (unpaired) electrons. The first-order valence-corrected chi connectivity index (χ1v) is 10.5. The normalized spacial score (nSPS) is 11.4. The highest BCUT2D eigenvalue weighted by atomic mass is 19.1. The molecule has 0 aliphatic heterocycles. The molecule has 0 saturated heterocycles. The molecule has 0 aliphatic carbocycles. The number of aromatic nitrogens is 3. The van der Waals surface area contributed by atoms with E-state index < -0.39 is 23.5 Å². The van der Waals surface area contributed by atoms with Crippen molar-refractivity contribution in [2.24, 2.45) is 0 Å². The van der Waals surface area contributed by atoms with Crippen molar-refractivity contribution in [2.75, 3.05) is 10.6 Å². The van der Waals surface area contributed by atoms with Gasteiger partial charge in [0.2, 0.25) is 0 Å². The van der Waals surface area contributed by atoms with Crippen LogP contribution in [0.1, 0.15) is 26.6 Å². The van der Waals surface area contributed by atoms with Crippen LogP contribution < -0.4 is 10.6 Å². The predicted molar refractivity (Wildman–Crippen MR) is 125 cm³/mol. The van der Waals surface area contributed by atoms with Gasteiger partial charge in [-0.25, -0.2) is 22.9 Å². The Kier molecular flexibility index (Phi) is 6.10. The summed E-state index contributed by atoms with van der Waals surface area (Å²) in [5.74, 6) is -1.67. The second kappa shape index (κ2) is 9.01. The summed E-state index contributed by atoms with van der Waals surface area (Å²) in [6.45, 7) is 6.05. The van der Waals surface area contributed by atoms with E-state index in [0.717, 1.165) is 29.2 Å². The molecule has 6 nitrogen and oxygen atoms in total. The summed E-state index contributed by atoms with van der Waals surface area (Å²) in [7, 11) is 0. The number of benzene rings is 2. The van der Waals surface area contributed by atoms with Gasteiger partial charge in [-0.05, 0) is 42.5 Å². The minimum absolute atomic E-state index is 0.126. The molecule has 2 heterocycles. The lowest BCUT2D eigenvalue weighted by atomic mass is 9.96. The summed E-state index contributed by atoms with van der Waals surface area (Å²) in [6.07, 6.45) is 3.32. The Hall–Kier alpha value is -4.14. The number of nitrogens with zero attached hydrogens (tertiary/aromatic N) is 2. The fourth-order valence-corrected chi connectivity index (χ4v) is 3.30. The topological polar surface area (TPSA) is 82.7 Å². The number of rotatable bonds is 4. The van der Waals surface area contributed by atoms with Gasteiger partial charge in [-0.1, -0.05) is 20.8 Å². The average molecular weight is 465 g/mol. The van der Waals surface area contributed by atoms with Crippen LogP contribution in [0.3, 0.4) is 0 Å². The molecular weight excluding hydrogens is 443 g/mol. The van der Waals surface area contributed by atoms with Crippen LogP contribution >= 0.6 is 0 Å². The number of halogens is 3. The second-order valence-electron chi connectivity index (χ2n) is 8.69. The van der Waals surface area contributed by atoms with E-state index in [2.05, 4.69) is 20.6 Å². The maximum absolute atomic E-state index is 14.5. The fraction of sp³-hybridized carbons (Fsp3) is 0.160. The third-order valence-electron chi connectivity index (χ3n) is 5.05. The standard InChI is InChI=1S/C25H22F3N5O/c1-25(2,3)23-32-21(14-8-10-29-11-9-14)22(33-23)15-4-6-17(27)20(12-15)31-24(34)30-19-7-5-16(26)13-18(19)28/h4-13H,1-3H3,(H,32,33)(H2,30,31,34). The molecule has 34 heavy (non-hydrogen) atoms. The first-order valence-electron chi connectivity index (χ1n) is 10.5. The number of nitrogens with one attached hydrogen (secondary N) is 3. The van der Waals surface area contributed by atoms with Gasteiger partial charge in [-0.15, -0.1) is 0 Å². The van der Waals surface area contributed by atoms with E-state index in [4.69, 9.17) is 4.98 Å². The molecule has 0 unspecified atom stereocenters. The molecular formula is C25H22F3N5O. The monoisotopic (exact) mass is 465 g/mol. The molecule has 4 aromatic rings. The second-order valence-corrected chi connectivity index (χ2v) is 8.69. The average Bonchev–Trinajstić information content (AvgIpc) is 3.24. The van der Waals surface area contributed by atoms with Crippen LogP contribution in [-0.2, 0) is 5.41 Å². The Labute approximate surface area is 194 Å². The third-order valence-corrected chi connectivity index (χ3v) is 5.05. The van der Waals surface area contributed by atoms with Crippen molar-refractivity contribution >= 4 is 17.4 Å². The number of anilines is 2. The van der Waals surface area contributed by atoms with Crippen LogP contribution in [0.4, 0.5) is 29.3 Å². The Bertz CT molecular complexity index is 1350. The van der Waals surface area contributed by atoms with Crippen LogP contribution in [0.15, 0.2) is 60.9 Å². The molecule has 4 rings (SSSR count). The highest BCUT2D eigenvalue weighted by molar-refractivity contribution is 6.00. The molecule has 174 valence electrons. The van der Waals surface area contributed by atoms with Gasteiger partial charge in [-0.3, -0.25) is 4.98 Å². The molecule has 9 heteroatoms. The van der Waals surface area contributed by atoms with Gasteiger partial charge in [0.05, 0.1) is 22.8 Å². The number of imidazole rings is 1. The number of hydrogen-bond acceptors (Lipinski definition) is 3. The van der Waals surface area contributed by atoms with E-state index >= 15 is 0 Å². The highest BCUT2D eigenvalue weighted by Crippen LogP contribution is 2.34. The van der Waals surface area contributed by atoms with Crippen molar-refractivity contribution in [3.05, 3.63) is 84.2 Å². The third kappa shape index (κ3) is 4.93. The van der Waals surface area contributed by atoms with Crippen molar-refractivity contribution < 1.29 is 18.0 Å². The minimum atomic E-state index is -0.947. The summed E-state index contributed by atoms with van der Waals surface area (Å²) in [5.41, 5.74) is 2.06. The Balaban J connectivity index is 1.68. The maximum atomic E-state index is 14.5. The fourth-order valence-electron chi connectivity index (χ4n) is 3.30. The van der Waals surface area contributed by atoms with Gasteiger partial charge in [0.1, 0.15) is 23.3 Å². The molecule has 3 N–H and O–H groups in total. The van der Waals surface area contributed by atoms with Crippen molar-refractivity contribution in [1.82, 2.24) is 15.0 Å². The number of H-pyrrole nitrogens is 1. The van der Waals surface area contributed by atoms with Gasteiger partial charge in [-0.2, -0.15) is 0 Å². The smallest absolute Gasteiger partial charge is 0.323 e. The zero-order valence-corrected chi connectivity index (χ0v) is 18.7. The number of hydrogen-bond donors (Lipinski definition) is 3. The predicted octanol–water partition coefficient (Wildman–Crippen LogP) is 6.50. The maximum Gasteiger partial charge on any atom is 0.323 e. The molecule has 2 aromatic heterocycles. The van der Waals surface area contributed by atoms with Gasteiger partial charge >= 0.3 is 6.03 Å². The molecule has 0 fully saturated rings. The minimum Gasteiger partial charge on any atom is -0.341 e. The Morgan fingerprint density at radius 3 is 2.24 bits per heavy atom. The summed E-state index contributed by atoms with van der Waals surface area (Å²) < 4.78 is 41.5. The van der Waals surface area contributed by atoms with E-state index in [1.54, 1.807) is 18.5 Å². The van der Waals surface area contributed by atoms with E-state index in [1.165, 1.54) is 12.1 Å². The lowest BCUT2D eigenvalue weighted by molar-refractivity contribution is 0.262. The van der Waals surface area contributed by atoms with Gasteiger partial charge in [0.15, 0.2) is 0 Å². The van der Waals surface area contributed by atoms with Crippen molar-refractivity contribution in [2.45, 2.75) is 26.2 Å². The molecule has 0 spiro atoms. The van der Waals surface area contributed by atoms with Crippen LogP contribution in [0.5, 0.6) is 0 Å². The van der Waals surface area contributed by atoms with Crippen LogP contribution in [-0.4, -0.2) is 21.0 Å². The summed E-state index contributed by atoms with van der Waals surface area (Å²) in [5, 5.41) is 4.62. The molecule has 0 saturated carbocycles. The Morgan fingerprint density at radius 2 is 1.56 bits per heavy atom. The first kappa shape index (κ1) is 23.0. The number of carbonyl (C=O) groups is 1. The summed E-state index contributed by atoms with van der Waals surface area (Å²) in [6, 6.07) is 9.73. The zero-order chi connectivity index (χ0) is 24.5. The number of amides is 2. The van der Waals surface area contributed by atoms with Crippen molar-refractivity contribution in [1.29, 1.82) is 0 Å². The lowest BCUT2D eigenvalue weighted by Gasteiger charge is -2.14. The molecule has 2 aromatic carbocycles. The summed E-state index contributed by atoms with van der Waals surface area (Å²) >= 11 is 0. The molecule has 0 aliphatic rings. The molecule has 2 amide bonds. The van der Waals surface area contributed by atoms with E-state index in [0.29, 0.717) is 17.3 Å². The SMILES string of the molecule is CC(C)(C)c1nc(-c2ccc(F)c(NC(=O)Nc3ccc(F)cc3F)c2)c(-c2ccncc2)[nH]1. The van der Waals surface area contributed by atoms with Gasteiger partial charge < -0.3 is 15.6 Å². The largest absolute Gasteiger partial charge is 0.341 e. The van der Waals surface area contributed by atoms with Crippen molar-refractivity contribution in [3.8, 4) is 22.5 Å². The van der Waals surface area contributed by atoms with Crippen LogP contribution in [0.2, 0.25) is 0 Å². The van der Waals surface area contributed by atoms with Crippen LogP contribution in [0, 0.1) is 17.5 Å². The number of pyridine rings is 1. The van der Waals surface area contributed by atoms with E-state index in [1.807, 2.05) is 32.9 Å². The van der Waals surface area contributed by atoms with Crippen molar-refractivity contribution in [3.63, 3.8) is 0 Å². The van der Waals surface area contributed by atoms with E-state index in [-0.39, 0.29) is 16.8 Å². The zero-order valence-electron chi connectivity index (χ0n) is 18.7. The summed E-state index contributed by atoms with van der Waals surface area (Å²) in [4.78, 5) is 24.5. The molecule has 0 bridgehead atoms. The number of aromatic amines is 1. The molecule has 0 atom stereocenters. The lowest BCUT2D eigenvalue weighted by Crippen LogP contribution is -2.21. The quantitative estimate of drug-likeness (QED) is 0.322. The van der Waals surface area contributed by atoms with Crippen LogP contribution in [0.25, 0.3) is 22.5 Å². The Morgan fingerprint density at radius 1 is 0.853 bits per heavy atom. The number of urea groups is 1.